The summed E-state index contributed by atoms with van der Waals surface area (Å²) in [5, 5.41) is 1.46. The third-order valence-electron chi connectivity index (χ3n) is 4.14. The Balaban J connectivity index is 2.61. The molecule has 0 bridgehead atoms. The number of nitrogens with zero attached hydrogens (tertiary/aromatic N) is 1. The Morgan fingerprint density at radius 2 is 1.89 bits per heavy atom. The Kier molecular flexibility index (Phi) is 4.11. The summed E-state index contributed by atoms with van der Waals surface area (Å²) < 4.78 is 2.41. The van der Waals surface area contributed by atoms with Crippen LogP contribution in [-0.2, 0) is 13.5 Å². The summed E-state index contributed by atoms with van der Waals surface area (Å²) in [6.07, 6.45) is 4.98. The van der Waals surface area contributed by atoms with Gasteiger partial charge in [0, 0.05) is 23.6 Å². The van der Waals surface area contributed by atoms with Gasteiger partial charge in [-0.25, -0.2) is 0 Å². The number of aryl methyl sites for hydroxylation is 1. The fraction of sp³-hybridized carbons (Fsp3) is 0.529. The summed E-state index contributed by atoms with van der Waals surface area (Å²) in [7, 11) is 2.22. The molecule has 2 rings (SSSR count). The predicted octanol–water partition coefficient (Wildman–Crippen LogP) is 5.03. The zero-order valence-corrected chi connectivity index (χ0v) is 12.2. The van der Waals surface area contributed by atoms with Gasteiger partial charge in [-0.05, 0) is 36.8 Å². The zero-order valence-electron chi connectivity index (χ0n) is 12.2. The quantitative estimate of drug-likeness (QED) is 0.693. The molecule has 1 atom stereocenters. The third kappa shape index (κ3) is 2.19. The monoisotopic (exact) mass is 243 g/mol. The van der Waals surface area contributed by atoms with E-state index in [2.05, 4.69) is 56.7 Å². The van der Waals surface area contributed by atoms with Crippen LogP contribution in [0.15, 0.2) is 24.3 Å². The standard InChI is InChI=1S/C17H25N/c1-5-7-11-16-17(13(3)6-2)14-10-8-9-12-15(14)18(16)4/h8-10,12-13H,5-7,11H2,1-4H3. The second-order valence-corrected chi connectivity index (χ2v) is 5.35. The molecule has 1 nitrogen and oxygen atoms in total. The van der Waals surface area contributed by atoms with E-state index in [1.54, 1.807) is 11.3 Å². The fourth-order valence-corrected chi connectivity index (χ4v) is 2.88. The van der Waals surface area contributed by atoms with Crippen molar-refractivity contribution in [1.29, 1.82) is 0 Å². The molecule has 0 amide bonds. The van der Waals surface area contributed by atoms with Gasteiger partial charge in [-0.15, -0.1) is 0 Å². The fourth-order valence-electron chi connectivity index (χ4n) is 2.88. The summed E-state index contributed by atoms with van der Waals surface area (Å²) in [6, 6.07) is 8.84. The van der Waals surface area contributed by atoms with Gasteiger partial charge in [-0.1, -0.05) is 45.4 Å². The Hall–Kier alpha value is -1.24. The molecular formula is C17H25N. The average Bonchev–Trinajstić information content (AvgIpc) is 2.69. The van der Waals surface area contributed by atoms with Crippen LogP contribution in [0.4, 0.5) is 0 Å². The van der Waals surface area contributed by atoms with E-state index in [1.165, 1.54) is 36.6 Å². The lowest BCUT2D eigenvalue weighted by Gasteiger charge is -2.12. The third-order valence-corrected chi connectivity index (χ3v) is 4.14. The van der Waals surface area contributed by atoms with Crippen molar-refractivity contribution in [2.45, 2.75) is 52.4 Å². The van der Waals surface area contributed by atoms with Crippen LogP contribution in [-0.4, -0.2) is 4.57 Å². The van der Waals surface area contributed by atoms with Crippen LogP contribution in [0.5, 0.6) is 0 Å². The van der Waals surface area contributed by atoms with E-state index in [-0.39, 0.29) is 0 Å². The molecule has 0 fully saturated rings. The first-order valence-electron chi connectivity index (χ1n) is 7.26. The molecule has 0 aliphatic rings. The van der Waals surface area contributed by atoms with Gasteiger partial charge >= 0.3 is 0 Å². The van der Waals surface area contributed by atoms with Gasteiger partial charge < -0.3 is 4.57 Å². The van der Waals surface area contributed by atoms with Gasteiger partial charge in [0.1, 0.15) is 0 Å². The molecule has 0 saturated carbocycles. The molecule has 0 spiro atoms. The number of unbranched alkanes of at least 4 members (excludes halogenated alkanes) is 1. The lowest BCUT2D eigenvalue weighted by atomic mass is 9.94. The molecule has 0 saturated heterocycles. The summed E-state index contributed by atoms with van der Waals surface area (Å²) in [6.45, 7) is 6.92. The van der Waals surface area contributed by atoms with Gasteiger partial charge in [-0.2, -0.15) is 0 Å². The number of para-hydroxylation sites is 1. The first-order chi connectivity index (χ1) is 8.70. The highest BCUT2D eigenvalue weighted by atomic mass is 14.9. The molecule has 1 aromatic heterocycles. The minimum atomic E-state index is 0.656. The molecule has 1 aromatic carbocycles. The Morgan fingerprint density at radius 3 is 2.56 bits per heavy atom. The van der Waals surface area contributed by atoms with E-state index in [9.17, 15) is 0 Å². The van der Waals surface area contributed by atoms with E-state index < -0.39 is 0 Å². The normalized spacial score (nSPS) is 13.1. The Labute approximate surface area is 111 Å². The first kappa shape index (κ1) is 13.2. The maximum absolute atomic E-state index is 2.41. The van der Waals surface area contributed by atoms with Crippen LogP contribution < -0.4 is 0 Å². The molecule has 18 heavy (non-hydrogen) atoms. The van der Waals surface area contributed by atoms with Crippen LogP contribution in [0.1, 0.15) is 57.2 Å². The maximum atomic E-state index is 2.41. The second-order valence-electron chi connectivity index (χ2n) is 5.35. The van der Waals surface area contributed by atoms with E-state index in [4.69, 9.17) is 0 Å². The van der Waals surface area contributed by atoms with Crippen molar-refractivity contribution in [3.63, 3.8) is 0 Å². The highest BCUT2D eigenvalue weighted by molar-refractivity contribution is 5.86. The molecule has 1 heteroatoms. The topological polar surface area (TPSA) is 4.93 Å². The van der Waals surface area contributed by atoms with E-state index in [0.29, 0.717) is 5.92 Å². The summed E-state index contributed by atoms with van der Waals surface area (Å²) in [4.78, 5) is 0. The van der Waals surface area contributed by atoms with E-state index in [1.807, 2.05) is 0 Å². The van der Waals surface area contributed by atoms with Crippen molar-refractivity contribution >= 4 is 10.9 Å². The SMILES string of the molecule is CCCCc1c(C(C)CC)c2ccccc2n1C. The smallest absolute Gasteiger partial charge is 0.0482 e. The minimum Gasteiger partial charge on any atom is -0.347 e. The van der Waals surface area contributed by atoms with Crippen molar-refractivity contribution < 1.29 is 0 Å². The zero-order chi connectivity index (χ0) is 13.1. The molecular weight excluding hydrogens is 218 g/mol. The second kappa shape index (κ2) is 5.60. The van der Waals surface area contributed by atoms with Crippen LogP contribution in [0, 0.1) is 0 Å². The highest BCUT2D eigenvalue weighted by Gasteiger charge is 2.17. The average molecular weight is 243 g/mol. The lowest BCUT2D eigenvalue weighted by Crippen LogP contribution is -2.02. The van der Waals surface area contributed by atoms with Gasteiger partial charge in [0.05, 0.1) is 0 Å². The largest absolute Gasteiger partial charge is 0.347 e. The summed E-state index contributed by atoms with van der Waals surface area (Å²) >= 11 is 0. The molecule has 2 aromatic rings. The lowest BCUT2D eigenvalue weighted by molar-refractivity contribution is 0.686. The molecule has 0 N–H and O–H groups in total. The number of aromatic nitrogens is 1. The molecule has 1 heterocycles. The van der Waals surface area contributed by atoms with Crippen LogP contribution >= 0.6 is 0 Å². The van der Waals surface area contributed by atoms with Crippen molar-refractivity contribution in [3.05, 3.63) is 35.5 Å². The Morgan fingerprint density at radius 1 is 1.17 bits per heavy atom. The number of rotatable bonds is 5. The molecule has 98 valence electrons. The van der Waals surface area contributed by atoms with Crippen molar-refractivity contribution in [2.75, 3.05) is 0 Å². The number of fused-ring (bicyclic) bond motifs is 1. The predicted molar refractivity (Wildman–Crippen MR) is 80.2 cm³/mol. The molecule has 0 radical (unpaired) electrons. The van der Waals surface area contributed by atoms with Crippen LogP contribution in [0.2, 0.25) is 0 Å². The summed E-state index contributed by atoms with van der Waals surface area (Å²) in [5.41, 5.74) is 4.52. The summed E-state index contributed by atoms with van der Waals surface area (Å²) in [5.74, 6) is 0.656. The maximum Gasteiger partial charge on any atom is 0.0482 e. The first-order valence-corrected chi connectivity index (χ1v) is 7.26. The molecule has 1 unspecified atom stereocenters. The van der Waals surface area contributed by atoms with Gasteiger partial charge in [-0.3, -0.25) is 0 Å². The van der Waals surface area contributed by atoms with Gasteiger partial charge in [0.15, 0.2) is 0 Å². The number of benzene rings is 1. The minimum absolute atomic E-state index is 0.656. The number of hydrogen-bond donors (Lipinski definition) is 0. The molecule has 0 aliphatic carbocycles. The van der Waals surface area contributed by atoms with Crippen molar-refractivity contribution in [3.8, 4) is 0 Å². The van der Waals surface area contributed by atoms with Gasteiger partial charge in [0.25, 0.3) is 0 Å². The van der Waals surface area contributed by atoms with Crippen molar-refractivity contribution in [2.24, 2.45) is 7.05 Å². The van der Waals surface area contributed by atoms with Crippen molar-refractivity contribution in [1.82, 2.24) is 4.57 Å². The Bertz CT molecular complexity index is 522. The highest BCUT2D eigenvalue weighted by Crippen LogP contribution is 2.33. The number of hydrogen-bond acceptors (Lipinski definition) is 0. The van der Waals surface area contributed by atoms with Crippen LogP contribution in [0.25, 0.3) is 10.9 Å². The molecule has 0 aliphatic heterocycles. The van der Waals surface area contributed by atoms with E-state index in [0.717, 1.165) is 0 Å². The van der Waals surface area contributed by atoms with Crippen LogP contribution in [0.3, 0.4) is 0 Å². The van der Waals surface area contributed by atoms with Gasteiger partial charge in [0.2, 0.25) is 0 Å². The van der Waals surface area contributed by atoms with E-state index >= 15 is 0 Å².